The van der Waals surface area contributed by atoms with Crippen LogP contribution in [0.4, 0.5) is 0 Å². The van der Waals surface area contributed by atoms with Gasteiger partial charge in [-0.1, -0.05) is 11.6 Å². The molecule has 132 valence electrons. The summed E-state index contributed by atoms with van der Waals surface area (Å²) in [6.07, 6.45) is 4.27. The van der Waals surface area contributed by atoms with Gasteiger partial charge in [0, 0.05) is 19.1 Å². The Balaban J connectivity index is 0.00000208. The molecular weight excluding hydrogens is 369 g/mol. The zero-order valence-electron chi connectivity index (χ0n) is 13.2. The van der Waals surface area contributed by atoms with Gasteiger partial charge in [0.05, 0.1) is 16.7 Å². The van der Waals surface area contributed by atoms with E-state index in [1.54, 1.807) is 0 Å². The third kappa shape index (κ3) is 4.41. The summed E-state index contributed by atoms with van der Waals surface area (Å²) in [4.78, 5) is 0.0857. The molecule has 1 heterocycles. The van der Waals surface area contributed by atoms with Crippen molar-refractivity contribution in [2.75, 3.05) is 19.6 Å². The summed E-state index contributed by atoms with van der Waals surface area (Å²) in [6, 6.07) is 6.67. The summed E-state index contributed by atoms with van der Waals surface area (Å²) in [7, 11) is -3.60. The van der Waals surface area contributed by atoms with Crippen molar-refractivity contribution in [3.63, 3.8) is 0 Å². The summed E-state index contributed by atoms with van der Waals surface area (Å²) < 4.78 is 27.0. The van der Waals surface area contributed by atoms with E-state index in [1.165, 1.54) is 35.3 Å². The van der Waals surface area contributed by atoms with Gasteiger partial charge in [0.1, 0.15) is 4.90 Å². The van der Waals surface area contributed by atoms with Crippen LogP contribution in [0.15, 0.2) is 23.1 Å². The summed E-state index contributed by atoms with van der Waals surface area (Å²) in [6.45, 7) is 2.06. The molecule has 1 aliphatic carbocycles. The van der Waals surface area contributed by atoms with E-state index in [9.17, 15) is 8.42 Å². The van der Waals surface area contributed by atoms with E-state index in [-0.39, 0.29) is 22.3 Å². The Morgan fingerprint density at radius 2 is 1.92 bits per heavy atom. The van der Waals surface area contributed by atoms with Crippen LogP contribution in [-0.2, 0) is 10.0 Å². The second kappa shape index (κ2) is 8.03. The molecule has 5 nitrogen and oxygen atoms in total. The van der Waals surface area contributed by atoms with Crippen LogP contribution in [0, 0.1) is 17.2 Å². The van der Waals surface area contributed by atoms with Gasteiger partial charge in [0.25, 0.3) is 0 Å². The maximum Gasteiger partial charge on any atom is 0.244 e. The van der Waals surface area contributed by atoms with Gasteiger partial charge < -0.3 is 5.32 Å². The number of nitrogens with one attached hydrogen (secondary N) is 1. The highest BCUT2D eigenvalue weighted by atomic mass is 35.5. The molecule has 0 amide bonds. The van der Waals surface area contributed by atoms with Gasteiger partial charge in [0.15, 0.2) is 0 Å². The number of nitrogens with zero attached hydrogens (tertiary/aromatic N) is 2. The van der Waals surface area contributed by atoms with Crippen molar-refractivity contribution >= 4 is 34.0 Å². The SMILES string of the molecule is Cl.N#Cc1ccc(S(=O)(=O)N2CCC(NCC3CC3)CC2)c(Cl)c1. The Hall–Kier alpha value is -0.840. The van der Waals surface area contributed by atoms with Gasteiger partial charge >= 0.3 is 0 Å². The van der Waals surface area contributed by atoms with Crippen LogP contribution < -0.4 is 5.32 Å². The highest BCUT2D eigenvalue weighted by Gasteiger charge is 2.31. The van der Waals surface area contributed by atoms with Crippen LogP contribution in [0.2, 0.25) is 5.02 Å². The third-order valence-corrected chi connectivity index (χ3v) is 6.91. The first-order valence-electron chi connectivity index (χ1n) is 7.94. The smallest absolute Gasteiger partial charge is 0.244 e. The Kier molecular flexibility index (Phi) is 6.52. The summed E-state index contributed by atoms with van der Waals surface area (Å²) in [5.74, 6) is 0.828. The Morgan fingerprint density at radius 1 is 1.25 bits per heavy atom. The number of sulfonamides is 1. The standard InChI is InChI=1S/C16H20ClN3O2S.ClH/c17-15-9-13(10-18)3-4-16(15)23(21,22)20-7-5-14(6-8-20)19-11-12-1-2-12;/h3-4,9,12,14,19H,1-2,5-8,11H2;1H. The molecule has 0 aromatic heterocycles. The van der Waals surface area contributed by atoms with Crippen molar-refractivity contribution < 1.29 is 8.42 Å². The topological polar surface area (TPSA) is 73.2 Å². The molecule has 24 heavy (non-hydrogen) atoms. The van der Waals surface area contributed by atoms with Crippen molar-refractivity contribution in [3.05, 3.63) is 28.8 Å². The monoisotopic (exact) mass is 389 g/mol. The molecule has 2 fully saturated rings. The number of nitriles is 1. The molecule has 8 heteroatoms. The van der Waals surface area contributed by atoms with Crippen LogP contribution in [0.3, 0.4) is 0 Å². The average molecular weight is 390 g/mol. The van der Waals surface area contributed by atoms with Gasteiger partial charge in [0.2, 0.25) is 10.0 Å². The van der Waals surface area contributed by atoms with Gasteiger partial charge in [-0.05, 0) is 56.3 Å². The molecule has 3 rings (SSSR count). The number of benzene rings is 1. The average Bonchev–Trinajstić information content (AvgIpc) is 3.37. The molecule has 0 spiro atoms. The molecule has 1 aliphatic heterocycles. The molecule has 1 N–H and O–H groups in total. The minimum atomic E-state index is -3.60. The molecule has 0 bridgehead atoms. The predicted octanol–water partition coefficient (Wildman–Crippen LogP) is 2.79. The lowest BCUT2D eigenvalue weighted by molar-refractivity contribution is 0.288. The van der Waals surface area contributed by atoms with E-state index < -0.39 is 10.0 Å². The van der Waals surface area contributed by atoms with Crippen LogP contribution in [0.1, 0.15) is 31.2 Å². The van der Waals surface area contributed by atoms with E-state index in [2.05, 4.69) is 5.32 Å². The molecule has 1 aromatic rings. The summed E-state index contributed by atoms with van der Waals surface area (Å²) >= 11 is 6.06. The molecule has 2 aliphatic rings. The second-order valence-corrected chi connectivity index (χ2v) is 8.60. The largest absolute Gasteiger partial charge is 0.314 e. The van der Waals surface area contributed by atoms with Gasteiger partial charge in [-0.2, -0.15) is 9.57 Å². The first kappa shape index (κ1) is 19.5. The fraction of sp³-hybridized carbons (Fsp3) is 0.562. The van der Waals surface area contributed by atoms with Gasteiger partial charge in [-0.3, -0.25) is 0 Å². The Bertz CT molecular complexity index is 721. The zero-order chi connectivity index (χ0) is 16.4. The fourth-order valence-electron chi connectivity index (χ4n) is 2.87. The molecule has 0 atom stereocenters. The fourth-order valence-corrected chi connectivity index (χ4v) is 4.86. The van der Waals surface area contributed by atoms with Crippen LogP contribution in [0.5, 0.6) is 0 Å². The normalized spacial score (nSPS) is 19.5. The van der Waals surface area contributed by atoms with Crippen molar-refractivity contribution in [2.45, 2.75) is 36.6 Å². The number of hydrogen-bond donors (Lipinski definition) is 1. The van der Waals surface area contributed by atoms with E-state index in [4.69, 9.17) is 16.9 Å². The Morgan fingerprint density at radius 3 is 2.46 bits per heavy atom. The number of piperidine rings is 1. The number of halogens is 2. The van der Waals surface area contributed by atoms with Gasteiger partial charge in [-0.25, -0.2) is 8.42 Å². The lowest BCUT2D eigenvalue weighted by atomic mass is 10.1. The molecule has 1 saturated carbocycles. The molecular formula is C16H21Cl2N3O2S. The maximum atomic E-state index is 12.7. The molecule has 1 aromatic carbocycles. The summed E-state index contributed by atoms with van der Waals surface area (Å²) in [5, 5.41) is 12.5. The quantitative estimate of drug-likeness (QED) is 0.839. The lowest BCUT2D eigenvalue weighted by Gasteiger charge is -2.32. The van der Waals surface area contributed by atoms with Crippen molar-refractivity contribution in [1.29, 1.82) is 5.26 Å². The minimum Gasteiger partial charge on any atom is -0.314 e. The van der Waals surface area contributed by atoms with Crippen LogP contribution >= 0.6 is 24.0 Å². The van der Waals surface area contributed by atoms with E-state index in [0.717, 1.165) is 25.3 Å². The molecule has 1 saturated heterocycles. The van der Waals surface area contributed by atoms with E-state index in [0.29, 0.717) is 24.7 Å². The van der Waals surface area contributed by atoms with E-state index >= 15 is 0 Å². The Labute approximate surface area is 154 Å². The molecule has 0 unspecified atom stereocenters. The van der Waals surface area contributed by atoms with Crippen molar-refractivity contribution in [2.24, 2.45) is 5.92 Å². The van der Waals surface area contributed by atoms with Crippen LogP contribution in [-0.4, -0.2) is 38.4 Å². The lowest BCUT2D eigenvalue weighted by Crippen LogP contribution is -2.45. The van der Waals surface area contributed by atoms with Gasteiger partial charge in [-0.15, -0.1) is 12.4 Å². The van der Waals surface area contributed by atoms with E-state index in [1.807, 2.05) is 6.07 Å². The molecule has 0 radical (unpaired) electrons. The summed E-state index contributed by atoms with van der Waals surface area (Å²) in [5.41, 5.74) is 0.358. The maximum absolute atomic E-state index is 12.7. The van der Waals surface area contributed by atoms with Crippen molar-refractivity contribution in [1.82, 2.24) is 9.62 Å². The number of hydrogen-bond acceptors (Lipinski definition) is 4. The number of rotatable bonds is 5. The van der Waals surface area contributed by atoms with Crippen LogP contribution in [0.25, 0.3) is 0 Å². The highest BCUT2D eigenvalue weighted by Crippen LogP contribution is 2.29. The first-order valence-corrected chi connectivity index (χ1v) is 9.75. The van der Waals surface area contributed by atoms with Crippen molar-refractivity contribution in [3.8, 4) is 6.07 Å². The highest BCUT2D eigenvalue weighted by molar-refractivity contribution is 7.89. The zero-order valence-corrected chi connectivity index (χ0v) is 15.6. The predicted molar refractivity (Wildman–Crippen MR) is 95.9 cm³/mol. The second-order valence-electron chi connectivity index (χ2n) is 6.29. The third-order valence-electron chi connectivity index (χ3n) is 4.52. The minimum absolute atomic E-state index is 0. The first-order chi connectivity index (χ1) is 11.0.